The standard InChI is InChI=1S/C42H81N5O4/c1-6-8-10-12-14-16-18-39-50-41(48)25-20-30-46(31-21-26-42(49)51-40-19-17-15-13-11-9-7-2)33-24-34-47-32-23-29-44(4)36-35-43(3)27-22-28-45(5)37-38-47/h20-21,25-26H,6-19,22-24,27-40H2,1-5H3/b25-20+,26-21+. The Kier molecular flexibility index (Phi) is 31.5. The Morgan fingerprint density at radius 1 is 0.529 bits per heavy atom. The predicted molar refractivity (Wildman–Crippen MR) is 215 cm³/mol. The largest absolute Gasteiger partial charge is 0.463 e. The van der Waals surface area contributed by atoms with Crippen molar-refractivity contribution in [2.24, 2.45) is 0 Å². The second-order valence-corrected chi connectivity index (χ2v) is 15.0. The Labute approximate surface area is 315 Å². The molecule has 0 unspecified atom stereocenters. The van der Waals surface area contributed by atoms with Gasteiger partial charge in [-0.05, 0) is 86.0 Å². The highest BCUT2D eigenvalue weighted by atomic mass is 16.5. The van der Waals surface area contributed by atoms with Crippen molar-refractivity contribution in [2.45, 2.75) is 123 Å². The number of nitrogens with zero attached hydrogens (tertiary/aromatic N) is 5. The number of unbranched alkanes of at least 4 members (excludes halogenated alkanes) is 12. The fraction of sp³-hybridized carbons (Fsp3) is 0.857. The maximum atomic E-state index is 12.4. The summed E-state index contributed by atoms with van der Waals surface area (Å²) in [5.41, 5.74) is 0. The van der Waals surface area contributed by atoms with Crippen LogP contribution < -0.4 is 0 Å². The molecule has 0 bridgehead atoms. The first-order valence-electron chi connectivity index (χ1n) is 21.0. The summed E-state index contributed by atoms with van der Waals surface area (Å²) in [7, 11) is 6.73. The lowest BCUT2D eigenvalue weighted by atomic mass is 10.1. The highest BCUT2D eigenvalue weighted by Crippen LogP contribution is 2.08. The van der Waals surface area contributed by atoms with Crippen LogP contribution in [0, 0.1) is 0 Å². The maximum absolute atomic E-state index is 12.4. The third-order valence-corrected chi connectivity index (χ3v) is 9.92. The van der Waals surface area contributed by atoms with Crippen molar-refractivity contribution in [1.82, 2.24) is 24.5 Å². The van der Waals surface area contributed by atoms with E-state index in [9.17, 15) is 9.59 Å². The van der Waals surface area contributed by atoms with E-state index in [2.05, 4.69) is 59.5 Å². The molecule has 0 saturated carbocycles. The van der Waals surface area contributed by atoms with Crippen molar-refractivity contribution in [3.05, 3.63) is 24.3 Å². The van der Waals surface area contributed by atoms with Gasteiger partial charge in [-0.3, -0.25) is 4.90 Å². The Balaban J connectivity index is 2.62. The van der Waals surface area contributed by atoms with Gasteiger partial charge in [-0.2, -0.15) is 0 Å². The second kappa shape index (κ2) is 34.0. The third-order valence-electron chi connectivity index (χ3n) is 9.92. The first-order chi connectivity index (χ1) is 24.8. The molecule has 0 atom stereocenters. The Hall–Kier alpha value is -1.78. The lowest BCUT2D eigenvalue weighted by Gasteiger charge is -2.29. The van der Waals surface area contributed by atoms with E-state index in [1.54, 1.807) is 12.2 Å². The van der Waals surface area contributed by atoms with Gasteiger partial charge < -0.3 is 29.1 Å². The lowest BCUT2D eigenvalue weighted by molar-refractivity contribution is -0.138. The van der Waals surface area contributed by atoms with Gasteiger partial charge in [-0.15, -0.1) is 0 Å². The molecule has 0 aromatic rings. The second-order valence-electron chi connectivity index (χ2n) is 15.0. The summed E-state index contributed by atoms with van der Waals surface area (Å²) in [5, 5.41) is 0. The fourth-order valence-corrected chi connectivity index (χ4v) is 6.43. The van der Waals surface area contributed by atoms with Gasteiger partial charge in [0, 0.05) is 58.0 Å². The number of hydrogen-bond acceptors (Lipinski definition) is 9. The van der Waals surface area contributed by atoms with Gasteiger partial charge in [0.2, 0.25) is 0 Å². The minimum Gasteiger partial charge on any atom is -0.463 e. The summed E-state index contributed by atoms with van der Waals surface area (Å²) < 4.78 is 10.9. The summed E-state index contributed by atoms with van der Waals surface area (Å²) in [6.45, 7) is 17.5. The molecule has 0 N–H and O–H groups in total. The van der Waals surface area contributed by atoms with E-state index >= 15 is 0 Å². The number of hydrogen-bond donors (Lipinski definition) is 0. The van der Waals surface area contributed by atoms with Crippen molar-refractivity contribution >= 4 is 11.9 Å². The van der Waals surface area contributed by atoms with Gasteiger partial charge in [-0.1, -0.05) is 103 Å². The van der Waals surface area contributed by atoms with Crippen LogP contribution in [0.1, 0.15) is 123 Å². The normalized spacial score (nSPS) is 17.1. The summed E-state index contributed by atoms with van der Waals surface area (Å²) in [6.07, 6.45) is 27.1. The number of ether oxygens (including phenoxy) is 2. The van der Waals surface area contributed by atoms with E-state index in [1.807, 2.05) is 12.2 Å². The molecule has 9 nitrogen and oxygen atoms in total. The van der Waals surface area contributed by atoms with Crippen molar-refractivity contribution in [3.63, 3.8) is 0 Å². The average Bonchev–Trinajstić information content (AvgIpc) is 3.11. The van der Waals surface area contributed by atoms with E-state index in [-0.39, 0.29) is 11.9 Å². The number of carbonyl (C=O) groups is 2. The van der Waals surface area contributed by atoms with E-state index < -0.39 is 0 Å². The van der Waals surface area contributed by atoms with E-state index in [1.165, 1.54) is 77.0 Å². The molecule has 1 saturated heterocycles. The molecule has 51 heavy (non-hydrogen) atoms. The summed E-state index contributed by atoms with van der Waals surface area (Å²) in [5.74, 6) is -0.533. The number of likely N-dealkylation sites (N-methyl/N-ethyl adjacent to an activating group) is 3. The highest BCUT2D eigenvalue weighted by Gasteiger charge is 2.12. The SMILES string of the molecule is CCCCCCCCCOC(=O)/C=C/CN(C/C=C/C(=O)OCCCCCCCCC)CCCN1CCCN(C)CCN(C)CCCN(C)CC1. The Bertz CT molecular complexity index is 841. The third kappa shape index (κ3) is 30.4. The molecule has 1 rings (SSSR count). The van der Waals surface area contributed by atoms with Crippen molar-refractivity contribution in [2.75, 3.05) is 113 Å². The van der Waals surface area contributed by atoms with Gasteiger partial charge in [0.1, 0.15) is 0 Å². The minimum absolute atomic E-state index is 0.267. The maximum Gasteiger partial charge on any atom is 0.330 e. The number of esters is 2. The van der Waals surface area contributed by atoms with E-state index in [0.717, 1.165) is 97.6 Å². The summed E-state index contributed by atoms with van der Waals surface area (Å²) in [4.78, 5) is 37.1. The van der Waals surface area contributed by atoms with Crippen LogP contribution in [0.25, 0.3) is 0 Å². The van der Waals surface area contributed by atoms with Crippen LogP contribution in [0.15, 0.2) is 24.3 Å². The van der Waals surface area contributed by atoms with Crippen LogP contribution in [-0.4, -0.2) is 149 Å². The van der Waals surface area contributed by atoms with Crippen LogP contribution in [0.3, 0.4) is 0 Å². The van der Waals surface area contributed by atoms with Gasteiger partial charge >= 0.3 is 11.9 Å². The van der Waals surface area contributed by atoms with Crippen molar-refractivity contribution in [1.29, 1.82) is 0 Å². The van der Waals surface area contributed by atoms with Crippen LogP contribution in [0.4, 0.5) is 0 Å². The zero-order valence-corrected chi connectivity index (χ0v) is 34.1. The van der Waals surface area contributed by atoms with E-state index in [0.29, 0.717) is 26.3 Å². The molecule has 1 heterocycles. The van der Waals surface area contributed by atoms with Gasteiger partial charge in [0.05, 0.1) is 13.2 Å². The zero-order chi connectivity index (χ0) is 37.2. The molecule has 0 amide bonds. The molecule has 1 aliphatic rings. The van der Waals surface area contributed by atoms with Gasteiger partial charge in [-0.25, -0.2) is 9.59 Å². The number of carbonyl (C=O) groups excluding carboxylic acids is 2. The van der Waals surface area contributed by atoms with Crippen LogP contribution >= 0.6 is 0 Å². The molecule has 298 valence electrons. The molecule has 0 aliphatic carbocycles. The van der Waals surface area contributed by atoms with Gasteiger partial charge in [0.15, 0.2) is 0 Å². The Morgan fingerprint density at radius 2 is 0.941 bits per heavy atom. The van der Waals surface area contributed by atoms with Crippen LogP contribution in [0.5, 0.6) is 0 Å². The van der Waals surface area contributed by atoms with Gasteiger partial charge in [0.25, 0.3) is 0 Å². The quantitative estimate of drug-likeness (QED) is 0.0522. The molecule has 0 aromatic carbocycles. The lowest BCUT2D eigenvalue weighted by Crippen LogP contribution is -2.39. The van der Waals surface area contributed by atoms with Crippen molar-refractivity contribution in [3.8, 4) is 0 Å². The molecule has 0 radical (unpaired) electrons. The predicted octanol–water partition coefficient (Wildman–Crippen LogP) is 7.27. The smallest absolute Gasteiger partial charge is 0.330 e. The minimum atomic E-state index is -0.267. The summed E-state index contributed by atoms with van der Waals surface area (Å²) in [6, 6.07) is 0. The summed E-state index contributed by atoms with van der Waals surface area (Å²) >= 11 is 0. The van der Waals surface area contributed by atoms with Crippen LogP contribution in [0.2, 0.25) is 0 Å². The first-order valence-corrected chi connectivity index (χ1v) is 21.0. The molecule has 0 spiro atoms. The molecule has 1 aliphatic heterocycles. The van der Waals surface area contributed by atoms with Crippen LogP contribution in [-0.2, 0) is 19.1 Å². The Morgan fingerprint density at radius 3 is 1.41 bits per heavy atom. The van der Waals surface area contributed by atoms with E-state index in [4.69, 9.17) is 9.47 Å². The topological polar surface area (TPSA) is 68.8 Å². The van der Waals surface area contributed by atoms with Crippen molar-refractivity contribution < 1.29 is 19.1 Å². The molecular formula is C42H81N5O4. The molecule has 9 heteroatoms. The first kappa shape index (κ1) is 47.2. The number of rotatable bonds is 26. The monoisotopic (exact) mass is 720 g/mol. The molecular weight excluding hydrogens is 638 g/mol. The fourth-order valence-electron chi connectivity index (χ4n) is 6.43. The average molecular weight is 720 g/mol. The molecule has 1 fully saturated rings. The zero-order valence-electron chi connectivity index (χ0n) is 34.1. The highest BCUT2D eigenvalue weighted by molar-refractivity contribution is 5.82. The molecule has 0 aromatic heterocycles.